The zero-order valence-electron chi connectivity index (χ0n) is 20.7. The number of imidazole rings is 1. The van der Waals surface area contributed by atoms with E-state index in [1.54, 1.807) is 23.7 Å². The molecule has 0 bridgehead atoms. The van der Waals surface area contributed by atoms with Gasteiger partial charge < -0.3 is 10.3 Å². The lowest BCUT2D eigenvalue weighted by atomic mass is 10.1. The monoisotopic (exact) mass is 506 g/mol. The number of fused-ring (bicyclic) bond motifs is 2. The second-order valence-electron chi connectivity index (χ2n) is 9.01. The quantitative estimate of drug-likeness (QED) is 0.203. The molecule has 0 fully saturated rings. The van der Waals surface area contributed by atoms with Crippen LogP contribution in [0.15, 0.2) is 67.3 Å². The van der Waals surface area contributed by atoms with Crippen molar-refractivity contribution in [2.24, 2.45) is 0 Å². The van der Waals surface area contributed by atoms with Gasteiger partial charge in [-0.05, 0) is 56.2 Å². The minimum Gasteiger partial charge on any atom is -0.358 e. The Hall–Kier alpha value is -4.37. The van der Waals surface area contributed by atoms with Crippen LogP contribution in [0.3, 0.4) is 0 Å². The highest BCUT2D eigenvalue weighted by molar-refractivity contribution is 7.15. The molecule has 0 saturated heterocycles. The molecule has 9 heteroatoms. The summed E-state index contributed by atoms with van der Waals surface area (Å²) in [6.45, 7) is 8.40. The fourth-order valence-corrected chi connectivity index (χ4v) is 5.18. The number of hydrogen-bond donors (Lipinski definition) is 3. The number of pyridine rings is 3. The molecule has 3 N–H and O–H groups in total. The molecule has 0 amide bonds. The van der Waals surface area contributed by atoms with Crippen LogP contribution in [0.1, 0.15) is 31.1 Å². The summed E-state index contributed by atoms with van der Waals surface area (Å²) in [6, 6.07) is 12.1. The molecule has 6 heterocycles. The van der Waals surface area contributed by atoms with Gasteiger partial charge in [-0.1, -0.05) is 19.9 Å². The molecule has 6 aromatic heterocycles. The molecule has 6 rings (SSSR count). The fourth-order valence-electron chi connectivity index (χ4n) is 4.32. The van der Waals surface area contributed by atoms with Crippen LogP contribution < -0.4 is 5.32 Å². The van der Waals surface area contributed by atoms with Crippen molar-refractivity contribution >= 4 is 39.1 Å². The molecule has 0 unspecified atom stereocenters. The van der Waals surface area contributed by atoms with E-state index in [9.17, 15) is 0 Å². The molecule has 184 valence electrons. The molecule has 0 radical (unpaired) electrons. The van der Waals surface area contributed by atoms with Crippen LogP contribution in [0.25, 0.3) is 55.4 Å². The lowest BCUT2D eigenvalue weighted by Gasteiger charge is -2.10. The van der Waals surface area contributed by atoms with Gasteiger partial charge in [0.05, 0.1) is 33.5 Å². The van der Waals surface area contributed by atoms with E-state index in [1.807, 2.05) is 30.5 Å². The van der Waals surface area contributed by atoms with Gasteiger partial charge in [-0.3, -0.25) is 15.1 Å². The number of hydrogen-bond acceptors (Lipinski definition) is 7. The number of unbranched alkanes of at least 4 members (excludes halogenated alkanes) is 1. The molecule has 0 aliphatic rings. The molecule has 0 aliphatic heterocycles. The SMILES string of the molecule is C=C(CCCC)Nc1cncc(-c2ccc3[nH]nc(-c4nc5c(-c6ccc(C)s6)nccc5[nH]4)c3n2)c1. The van der Waals surface area contributed by atoms with E-state index in [0.717, 1.165) is 74.5 Å². The second-order valence-corrected chi connectivity index (χ2v) is 10.3. The van der Waals surface area contributed by atoms with Gasteiger partial charge in [-0.15, -0.1) is 11.3 Å². The minimum absolute atomic E-state index is 0.647. The Morgan fingerprint density at radius 3 is 2.76 bits per heavy atom. The number of aromatic nitrogens is 7. The van der Waals surface area contributed by atoms with Gasteiger partial charge in [-0.2, -0.15) is 5.10 Å². The van der Waals surface area contributed by atoms with Crippen molar-refractivity contribution in [1.29, 1.82) is 0 Å². The van der Waals surface area contributed by atoms with Gasteiger partial charge >= 0.3 is 0 Å². The number of thiophene rings is 1. The first-order valence-corrected chi connectivity index (χ1v) is 13.1. The molecule has 6 aromatic rings. The summed E-state index contributed by atoms with van der Waals surface area (Å²) in [6.07, 6.45) is 8.59. The zero-order chi connectivity index (χ0) is 25.4. The van der Waals surface area contributed by atoms with Gasteiger partial charge in [0.1, 0.15) is 16.7 Å². The summed E-state index contributed by atoms with van der Waals surface area (Å²) in [7, 11) is 0. The highest BCUT2D eigenvalue weighted by Gasteiger charge is 2.18. The first-order chi connectivity index (χ1) is 18.1. The first-order valence-electron chi connectivity index (χ1n) is 12.3. The Balaban J connectivity index is 1.37. The number of nitrogens with one attached hydrogen (secondary N) is 3. The predicted molar refractivity (Wildman–Crippen MR) is 150 cm³/mol. The van der Waals surface area contributed by atoms with Gasteiger partial charge in [0.2, 0.25) is 0 Å². The van der Waals surface area contributed by atoms with E-state index in [0.29, 0.717) is 11.5 Å². The summed E-state index contributed by atoms with van der Waals surface area (Å²) in [5, 5.41) is 11.0. The van der Waals surface area contributed by atoms with Crippen molar-refractivity contribution in [3.8, 4) is 33.3 Å². The Labute approximate surface area is 218 Å². The summed E-state index contributed by atoms with van der Waals surface area (Å²) in [5.41, 5.74) is 8.42. The third-order valence-electron chi connectivity index (χ3n) is 6.19. The molecule has 0 aliphatic carbocycles. The van der Waals surface area contributed by atoms with E-state index >= 15 is 0 Å². The maximum absolute atomic E-state index is 4.95. The lowest BCUT2D eigenvalue weighted by Crippen LogP contribution is -1.99. The molecule has 0 atom stereocenters. The van der Waals surface area contributed by atoms with Crippen LogP contribution in [0, 0.1) is 6.92 Å². The van der Waals surface area contributed by atoms with Crippen LogP contribution in [-0.4, -0.2) is 35.1 Å². The molecule has 0 aromatic carbocycles. The largest absolute Gasteiger partial charge is 0.358 e. The predicted octanol–water partition coefficient (Wildman–Crippen LogP) is 7.11. The number of allylic oxidation sites excluding steroid dienone is 1. The normalized spacial score (nSPS) is 11.4. The molecule has 37 heavy (non-hydrogen) atoms. The number of rotatable bonds is 8. The minimum atomic E-state index is 0.647. The Morgan fingerprint density at radius 1 is 1.03 bits per heavy atom. The topological polar surface area (TPSA) is 108 Å². The van der Waals surface area contributed by atoms with Crippen LogP contribution in [0.2, 0.25) is 0 Å². The van der Waals surface area contributed by atoms with Crippen molar-refractivity contribution in [1.82, 2.24) is 35.1 Å². The molecular weight excluding hydrogens is 480 g/mol. The first kappa shape index (κ1) is 23.1. The number of aromatic amines is 2. The summed E-state index contributed by atoms with van der Waals surface area (Å²) in [5.74, 6) is 0.647. The highest BCUT2D eigenvalue weighted by atomic mass is 32.1. The van der Waals surface area contributed by atoms with Gasteiger partial charge in [-0.25, -0.2) is 9.97 Å². The molecule has 0 saturated carbocycles. The number of nitrogens with zero attached hydrogens (tertiary/aromatic N) is 5. The molecule has 8 nitrogen and oxygen atoms in total. The maximum atomic E-state index is 4.95. The molecule has 0 spiro atoms. The van der Waals surface area contributed by atoms with Crippen LogP contribution >= 0.6 is 11.3 Å². The fraction of sp³-hybridized carbons (Fsp3) is 0.179. The van der Waals surface area contributed by atoms with Gasteiger partial charge in [0.15, 0.2) is 11.5 Å². The van der Waals surface area contributed by atoms with Crippen LogP contribution in [0.5, 0.6) is 0 Å². The van der Waals surface area contributed by atoms with Crippen molar-refractivity contribution in [3.05, 3.63) is 72.1 Å². The number of aryl methyl sites for hydroxylation is 1. The third kappa shape index (κ3) is 4.49. The number of anilines is 1. The van der Waals surface area contributed by atoms with Crippen molar-refractivity contribution < 1.29 is 0 Å². The second kappa shape index (κ2) is 9.59. The summed E-state index contributed by atoms with van der Waals surface area (Å²) >= 11 is 1.71. The van der Waals surface area contributed by atoms with Crippen molar-refractivity contribution in [2.75, 3.05) is 5.32 Å². The smallest absolute Gasteiger partial charge is 0.161 e. The Morgan fingerprint density at radius 2 is 1.92 bits per heavy atom. The maximum Gasteiger partial charge on any atom is 0.161 e. The van der Waals surface area contributed by atoms with Crippen molar-refractivity contribution in [2.45, 2.75) is 33.1 Å². The van der Waals surface area contributed by atoms with Crippen LogP contribution in [0.4, 0.5) is 5.69 Å². The van der Waals surface area contributed by atoms with E-state index in [-0.39, 0.29) is 0 Å². The summed E-state index contributed by atoms with van der Waals surface area (Å²) in [4.78, 5) is 24.6. The zero-order valence-corrected chi connectivity index (χ0v) is 21.5. The van der Waals surface area contributed by atoms with E-state index in [2.05, 4.69) is 63.0 Å². The average molecular weight is 507 g/mol. The van der Waals surface area contributed by atoms with Gasteiger partial charge in [0, 0.05) is 28.5 Å². The average Bonchev–Trinajstić information content (AvgIpc) is 3.64. The number of H-pyrrole nitrogens is 2. The standard InChI is InChI=1S/C28H26N8S/c1-4-5-6-16(2)31-19-13-18(14-29-15-19)20-8-9-22-25(32-20)27(36-35-22)28-33-21-11-12-30-26(24(21)34-28)23-10-7-17(3)37-23/h7-15,31H,2,4-6H2,1,3H3,(H,33,34)(H,35,36). The van der Waals surface area contributed by atoms with E-state index < -0.39 is 0 Å². The summed E-state index contributed by atoms with van der Waals surface area (Å²) < 4.78 is 0. The molecular formula is C28H26N8S. The lowest BCUT2D eigenvalue weighted by molar-refractivity contribution is 0.791. The highest BCUT2D eigenvalue weighted by Crippen LogP contribution is 2.33. The van der Waals surface area contributed by atoms with E-state index in [1.165, 1.54) is 4.88 Å². The Kier molecular flexibility index (Phi) is 5.97. The van der Waals surface area contributed by atoms with Crippen molar-refractivity contribution in [3.63, 3.8) is 0 Å². The Bertz CT molecular complexity index is 1740. The third-order valence-corrected chi connectivity index (χ3v) is 7.20. The van der Waals surface area contributed by atoms with E-state index in [4.69, 9.17) is 9.97 Å². The van der Waals surface area contributed by atoms with Crippen LogP contribution in [-0.2, 0) is 0 Å². The van der Waals surface area contributed by atoms with Gasteiger partial charge in [0.25, 0.3) is 0 Å².